The fourth-order valence-electron chi connectivity index (χ4n) is 2.47. The Labute approximate surface area is 102 Å². The highest BCUT2D eigenvalue weighted by Crippen LogP contribution is 2.39. The lowest BCUT2D eigenvalue weighted by molar-refractivity contribution is 0.0637. The number of hydrogen-bond acceptors (Lipinski definition) is 2. The summed E-state index contributed by atoms with van der Waals surface area (Å²) in [4.78, 5) is 0. The Morgan fingerprint density at radius 2 is 1.56 bits per heavy atom. The van der Waals surface area contributed by atoms with Gasteiger partial charge in [0.2, 0.25) is 0 Å². The topological polar surface area (TPSA) is 46.2 Å². The molecule has 1 aliphatic rings. The van der Waals surface area contributed by atoms with Gasteiger partial charge in [-0.05, 0) is 44.9 Å². The molecule has 2 unspecified atom stereocenters. The van der Waals surface area contributed by atoms with Crippen LogP contribution < -0.4 is 5.73 Å². The van der Waals surface area contributed by atoms with Gasteiger partial charge in [0.25, 0.3) is 0 Å². The van der Waals surface area contributed by atoms with E-state index in [1.54, 1.807) is 0 Å². The summed E-state index contributed by atoms with van der Waals surface area (Å²) in [6.07, 6.45) is 4.03. The third-order valence-electron chi connectivity index (χ3n) is 3.67. The van der Waals surface area contributed by atoms with E-state index in [1.165, 1.54) is 6.42 Å². The molecule has 2 heteroatoms. The van der Waals surface area contributed by atoms with Crippen LogP contribution in [0.4, 0.5) is 0 Å². The molecule has 2 atom stereocenters. The summed E-state index contributed by atoms with van der Waals surface area (Å²) in [7, 11) is 0. The van der Waals surface area contributed by atoms with E-state index in [9.17, 15) is 5.11 Å². The first-order chi connectivity index (χ1) is 7.22. The maximum absolute atomic E-state index is 10.0. The van der Waals surface area contributed by atoms with Crippen LogP contribution in [0.25, 0.3) is 0 Å². The Morgan fingerprint density at radius 3 is 2.00 bits per heavy atom. The van der Waals surface area contributed by atoms with Gasteiger partial charge >= 0.3 is 0 Å². The molecule has 16 heavy (non-hydrogen) atoms. The minimum Gasteiger partial charge on any atom is -0.393 e. The van der Waals surface area contributed by atoms with E-state index >= 15 is 0 Å². The summed E-state index contributed by atoms with van der Waals surface area (Å²) in [5, 5.41) is 10.0. The molecule has 0 saturated heterocycles. The summed E-state index contributed by atoms with van der Waals surface area (Å²) in [5.74, 6) is 0.254. The van der Waals surface area contributed by atoms with E-state index in [0.717, 1.165) is 19.3 Å². The molecule has 0 aromatic heterocycles. The summed E-state index contributed by atoms with van der Waals surface area (Å²) in [6.45, 7) is 12.6. The van der Waals surface area contributed by atoms with Gasteiger partial charge in [-0.2, -0.15) is 0 Å². The molecule has 1 fully saturated rings. The summed E-state index contributed by atoms with van der Waals surface area (Å²) in [6, 6.07) is 0. The Morgan fingerprint density at radius 1 is 1.12 bits per heavy atom. The van der Waals surface area contributed by atoms with E-state index < -0.39 is 0 Å². The molecule has 1 saturated carbocycles. The van der Waals surface area contributed by atoms with Crippen LogP contribution in [0.1, 0.15) is 67.2 Å². The first-order valence-electron chi connectivity index (χ1n) is 6.69. The summed E-state index contributed by atoms with van der Waals surface area (Å²) >= 11 is 0. The number of aliphatic hydroxyl groups is 1. The molecule has 0 aromatic rings. The maximum atomic E-state index is 10.0. The maximum Gasteiger partial charge on any atom is 0.0585 e. The highest BCUT2D eigenvalue weighted by Gasteiger charge is 2.36. The standard InChI is InChI=1S/C12H25NO.C2H6/c1-11(2)7-5-9(12(3,4)13)10(14)6-8-11;1-2/h9-10,14H,5-8,13H2,1-4H3;1-2H3. The van der Waals surface area contributed by atoms with Crippen molar-refractivity contribution >= 4 is 0 Å². The van der Waals surface area contributed by atoms with Gasteiger partial charge in [0.15, 0.2) is 0 Å². The van der Waals surface area contributed by atoms with Gasteiger partial charge in [-0.3, -0.25) is 0 Å². The van der Waals surface area contributed by atoms with Crippen molar-refractivity contribution in [2.24, 2.45) is 17.1 Å². The largest absolute Gasteiger partial charge is 0.393 e. The van der Waals surface area contributed by atoms with E-state index in [4.69, 9.17) is 5.73 Å². The minimum atomic E-state index is -0.250. The average molecular weight is 229 g/mol. The second kappa shape index (κ2) is 6.02. The van der Waals surface area contributed by atoms with E-state index in [1.807, 2.05) is 27.7 Å². The Hall–Kier alpha value is -0.0800. The molecule has 0 bridgehead atoms. The predicted octanol–water partition coefficient (Wildman–Crippen LogP) is 3.33. The van der Waals surface area contributed by atoms with Crippen LogP contribution in [0.5, 0.6) is 0 Å². The lowest BCUT2D eigenvalue weighted by Crippen LogP contribution is -2.46. The van der Waals surface area contributed by atoms with Crippen molar-refractivity contribution in [3.63, 3.8) is 0 Å². The molecule has 2 nitrogen and oxygen atoms in total. The third kappa shape index (κ3) is 4.84. The van der Waals surface area contributed by atoms with Gasteiger partial charge < -0.3 is 10.8 Å². The highest BCUT2D eigenvalue weighted by atomic mass is 16.3. The molecule has 98 valence electrons. The first kappa shape index (κ1) is 15.9. The summed E-state index contributed by atoms with van der Waals surface area (Å²) in [5.41, 5.74) is 6.22. The number of nitrogens with two attached hydrogens (primary N) is 1. The lowest BCUT2D eigenvalue weighted by Gasteiger charge is -2.33. The van der Waals surface area contributed by atoms with Crippen LogP contribution in [0.15, 0.2) is 0 Å². The molecule has 0 amide bonds. The Balaban J connectivity index is 0.00000106. The molecular weight excluding hydrogens is 198 g/mol. The zero-order valence-corrected chi connectivity index (χ0v) is 12.0. The van der Waals surface area contributed by atoms with Crippen LogP contribution in [0, 0.1) is 11.3 Å². The Kier molecular flexibility index (Phi) is 5.99. The van der Waals surface area contributed by atoms with Crippen LogP contribution in [0.2, 0.25) is 0 Å². The average Bonchev–Trinajstić information content (AvgIpc) is 2.28. The van der Waals surface area contributed by atoms with Crippen molar-refractivity contribution in [1.82, 2.24) is 0 Å². The van der Waals surface area contributed by atoms with E-state index in [2.05, 4.69) is 13.8 Å². The van der Waals surface area contributed by atoms with Crippen LogP contribution in [-0.4, -0.2) is 16.7 Å². The second-order valence-corrected chi connectivity index (χ2v) is 6.24. The zero-order valence-electron chi connectivity index (χ0n) is 12.0. The third-order valence-corrected chi connectivity index (χ3v) is 3.67. The van der Waals surface area contributed by atoms with Crippen molar-refractivity contribution in [1.29, 1.82) is 0 Å². The molecule has 0 radical (unpaired) electrons. The zero-order chi connectivity index (χ0) is 13.0. The van der Waals surface area contributed by atoms with Gasteiger partial charge in [-0.25, -0.2) is 0 Å². The minimum absolute atomic E-state index is 0.211. The van der Waals surface area contributed by atoms with Crippen molar-refractivity contribution in [3.8, 4) is 0 Å². The molecule has 1 aliphatic carbocycles. The molecule has 0 aromatic carbocycles. The molecule has 3 N–H and O–H groups in total. The van der Waals surface area contributed by atoms with Crippen molar-refractivity contribution in [3.05, 3.63) is 0 Å². The predicted molar refractivity (Wildman–Crippen MR) is 71.4 cm³/mol. The van der Waals surface area contributed by atoms with Crippen LogP contribution in [0.3, 0.4) is 0 Å². The SMILES string of the molecule is CC.CC1(C)CCC(O)C(C(C)(C)N)CC1. The van der Waals surface area contributed by atoms with Gasteiger partial charge in [-0.1, -0.05) is 27.7 Å². The number of rotatable bonds is 1. The van der Waals surface area contributed by atoms with Crippen molar-refractivity contribution in [2.75, 3.05) is 0 Å². The molecule has 0 aliphatic heterocycles. The molecular formula is C14H31NO. The monoisotopic (exact) mass is 229 g/mol. The Bertz CT molecular complexity index is 193. The van der Waals surface area contributed by atoms with E-state index in [-0.39, 0.29) is 17.6 Å². The van der Waals surface area contributed by atoms with Crippen molar-refractivity contribution in [2.45, 2.75) is 78.9 Å². The van der Waals surface area contributed by atoms with Gasteiger partial charge in [0, 0.05) is 11.5 Å². The van der Waals surface area contributed by atoms with Crippen LogP contribution in [-0.2, 0) is 0 Å². The molecule has 0 spiro atoms. The lowest BCUT2D eigenvalue weighted by atomic mass is 9.80. The molecule has 1 rings (SSSR count). The fourth-order valence-corrected chi connectivity index (χ4v) is 2.47. The number of hydrogen-bond donors (Lipinski definition) is 2. The molecule has 0 heterocycles. The first-order valence-corrected chi connectivity index (χ1v) is 6.69. The van der Waals surface area contributed by atoms with Gasteiger partial charge in [0.1, 0.15) is 0 Å². The van der Waals surface area contributed by atoms with E-state index in [0.29, 0.717) is 5.41 Å². The van der Waals surface area contributed by atoms with Crippen LogP contribution >= 0.6 is 0 Å². The van der Waals surface area contributed by atoms with Gasteiger partial charge in [0.05, 0.1) is 6.10 Å². The smallest absolute Gasteiger partial charge is 0.0585 e. The summed E-state index contributed by atoms with van der Waals surface area (Å²) < 4.78 is 0. The quantitative estimate of drug-likeness (QED) is 0.678. The van der Waals surface area contributed by atoms with Crippen molar-refractivity contribution < 1.29 is 5.11 Å². The number of aliphatic hydroxyl groups excluding tert-OH is 1. The fraction of sp³-hybridized carbons (Fsp3) is 1.00. The second-order valence-electron chi connectivity index (χ2n) is 6.24. The normalized spacial score (nSPS) is 30.0. The highest BCUT2D eigenvalue weighted by molar-refractivity contribution is 4.91. The van der Waals surface area contributed by atoms with Gasteiger partial charge in [-0.15, -0.1) is 0 Å².